The van der Waals surface area contributed by atoms with Crippen molar-refractivity contribution < 1.29 is 0 Å². The van der Waals surface area contributed by atoms with Crippen molar-refractivity contribution in [3.8, 4) is 0 Å². The molecule has 0 aromatic rings. The molecule has 4 heteroatoms. The van der Waals surface area contributed by atoms with Crippen molar-refractivity contribution in [2.45, 2.75) is 37.6 Å². The third-order valence-corrected chi connectivity index (χ3v) is 6.35. The second-order valence-corrected chi connectivity index (χ2v) is 7.45. The molecule has 2 rings (SSSR count). The normalized spacial score (nSPS) is 37.5. The largest absolute Gasteiger partial charge is 0.311 e. The quantitative estimate of drug-likeness (QED) is 0.833. The Morgan fingerprint density at radius 2 is 2.25 bits per heavy atom. The molecule has 0 aromatic carbocycles. The molecule has 94 valence electrons. The van der Waals surface area contributed by atoms with Crippen LogP contribution in [0.4, 0.5) is 0 Å². The number of nitrogens with zero attached hydrogens (tertiary/aromatic N) is 1. The Morgan fingerprint density at radius 1 is 1.38 bits per heavy atom. The van der Waals surface area contributed by atoms with Crippen LogP contribution in [0.25, 0.3) is 0 Å². The van der Waals surface area contributed by atoms with Crippen molar-refractivity contribution in [2.75, 3.05) is 36.9 Å². The summed E-state index contributed by atoms with van der Waals surface area (Å²) in [5.74, 6) is 4.07. The molecule has 3 atom stereocenters. The van der Waals surface area contributed by atoms with Crippen LogP contribution in [0.1, 0.15) is 20.3 Å². The predicted molar refractivity (Wildman–Crippen MR) is 76.7 cm³/mol. The average Bonchev–Trinajstić information content (AvgIpc) is 2.31. The van der Waals surface area contributed by atoms with Crippen LogP contribution in [-0.4, -0.2) is 59.1 Å². The highest BCUT2D eigenvalue weighted by Crippen LogP contribution is 2.26. The van der Waals surface area contributed by atoms with Crippen LogP contribution in [0.15, 0.2) is 0 Å². The molecular weight excluding hydrogens is 236 g/mol. The molecule has 2 heterocycles. The Kier molecular flexibility index (Phi) is 5.33. The van der Waals surface area contributed by atoms with Crippen molar-refractivity contribution >= 4 is 23.5 Å². The highest BCUT2D eigenvalue weighted by molar-refractivity contribution is 8.06. The highest BCUT2D eigenvalue weighted by Gasteiger charge is 2.27. The number of piperazine rings is 1. The Hall–Kier alpha value is 0.620. The van der Waals surface area contributed by atoms with E-state index in [1.165, 1.54) is 43.3 Å². The van der Waals surface area contributed by atoms with E-state index in [9.17, 15) is 0 Å². The monoisotopic (exact) mass is 260 g/mol. The predicted octanol–water partition coefficient (Wildman–Crippen LogP) is 1.91. The second-order valence-electron chi connectivity index (χ2n) is 4.89. The molecular formula is C12H24N2S2. The van der Waals surface area contributed by atoms with Crippen molar-refractivity contribution in [1.29, 1.82) is 0 Å². The fourth-order valence-electron chi connectivity index (χ4n) is 2.56. The lowest BCUT2D eigenvalue weighted by Crippen LogP contribution is -2.56. The van der Waals surface area contributed by atoms with Crippen LogP contribution in [0.5, 0.6) is 0 Å². The summed E-state index contributed by atoms with van der Waals surface area (Å²) in [5.41, 5.74) is 0. The minimum absolute atomic E-state index is 0.670. The third kappa shape index (κ3) is 3.56. The van der Waals surface area contributed by atoms with Gasteiger partial charge in [-0.05, 0) is 13.3 Å². The summed E-state index contributed by atoms with van der Waals surface area (Å²) >= 11 is 4.33. The van der Waals surface area contributed by atoms with Crippen LogP contribution in [0, 0.1) is 0 Å². The molecule has 0 saturated carbocycles. The van der Waals surface area contributed by atoms with Crippen molar-refractivity contribution in [2.24, 2.45) is 0 Å². The summed E-state index contributed by atoms with van der Waals surface area (Å²) in [5, 5.41) is 4.47. The van der Waals surface area contributed by atoms with Gasteiger partial charge < -0.3 is 5.32 Å². The number of hydrogen-bond acceptors (Lipinski definition) is 4. The standard InChI is InChI=1S/C12H24N2S2/c1-3-11-6-13-10(2)7-14(11)8-12-9-15-4-5-16-12/h10-13H,3-9H2,1-2H3. The number of hydrogen-bond donors (Lipinski definition) is 1. The lowest BCUT2D eigenvalue weighted by Gasteiger charge is -2.41. The molecule has 0 bridgehead atoms. The van der Waals surface area contributed by atoms with E-state index >= 15 is 0 Å². The van der Waals surface area contributed by atoms with E-state index in [1.54, 1.807) is 0 Å². The minimum Gasteiger partial charge on any atom is -0.311 e. The SMILES string of the molecule is CCC1CNC(C)CN1CC1CSCCS1. The Balaban J connectivity index is 1.84. The Bertz CT molecular complexity index is 207. The summed E-state index contributed by atoms with van der Waals surface area (Å²) in [6.45, 7) is 8.35. The van der Waals surface area contributed by atoms with Crippen LogP contribution in [0.2, 0.25) is 0 Å². The van der Waals surface area contributed by atoms with Crippen LogP contribution >= 0.6 is 23.5 Å². The molecule has 2 aliphatic rings. The van der Waals surface area contributed by atoms with Gasteiger partial charge in [0, 0.05) is 54.2 Å². The average molecular weight is 260 g/mol. The van der Waals surface area contributed by atoms with E-state index in [2.05, 4.69) is 47.6 Å². The fourth-order valence-corrected chi connectivity index (χ4v) is 5.26. The molecule has 0 spiro atoms. The molecule has 1 N–H and O–H groups in total. The zero-order valence-corrected chi connectivity index (χ0v) is 12.1. The molecule has 3 unspecified atom stereocenters. The maximum absolute atomic E-state index is 3.60. The highest BCUT2D eigenvalue weighted by atomic mass is 32.2. The summed E-state index contributed by atoms with van der Waals surface area (Å²) in [7, 11) is 0. The molecule has 2 fully saturated rings. The van der Waals surface area contributed by atoms with Crippen LogP contribution < -0.4 is 5.32 Å². The smallest absolute Gasteiger partial charge is 0.0265 e. The number of thioether (sulfide) groups is 2. The summed E-state index contributed by atoms with van der Waals surface area (Å²) in [6.07, 6.45) is 1.28. The zero-order valence-electron chi connectivity index (χ0n) is 10.4. The molecule has 2 saturated heterocycles. The van der Waals surface area contributed by atoms with Gasteiger partial charge in [-0.1, -0.05) is 6.92 Å². The van der Waals surface area contributed by atoms with Gasteiger partial charge in [0.2, 0.25) is 0 Å². The van der Waals surface area contributed by atoms with Crippen molar-refractivity contribution in [3.05, 3.63) is 0 Å². The first kappa shape index (κ1) is 13.1. The molecule has 2 nitrogen and oxygen atoms in total. The van der Waals surface area contributed by atoms with Crippen molar-refractivity contribution in [3.63, 3.8) is 0 Å². The van der Waals surface area contributed by atoms with E-state index < -0.39 is 0 Å². The van der Waals surface area contributed by atoms with E-state index in [1.807, 2.05) is 0 Å². The maximum Gasteiger partial charge on any atom is 0.0265 e. The van der Waals surface area contributed by atoms with Gasteiger partial charge in [0.15, 0.2) is 0 Å². The van der Waals surface area contributed by atoms with E-state index in [4.69, 9.17) is 0 Å². The minimum atomic E-state index is 0.670. The van der Waals surface area contributed by atoms with E-state index in [-0.39, 0.29) is 0 Å². The summed E-state index contributed by atoms with van der Waals surface area (Å²) in [6, 6.07) is 1.44. The van der Waals surface area contributed by atoms with Gasteiger partial charge in [0.05, 0.1) is 0 Å². The van der Waals surface area contributed by atoms with Crippen LogP contribution in [-0.2, 0) is 0 Å². The molecule has 0 radical (unpaired) electrons. The summed E-state index contributed by atoms with van der Waals surface area (Å²) < 4.78 is 0. The molecule has 2 aliphatic heterocycles. The van der Waals surface area contributed by atoms with Gasteiger partial charge in [-0.15, -0.1) is 0 Å². The molecule has 0 aromatic heterocycles. The van der Waals surface area contributed by atoms with Gasteiger partial charge in [-0.25, -0.2) is 0 Å². The lowest BCUT2D eigenvalue weighted by molar-refractivity contribution is 0.134. The van der Waals surface area contributed by atoms with E-state index in [0.717, 1.165) is 11.3 Å². The van der Waals surface area contributed by atoms with Gasteiger partial charge >= 0.3 is 0 Å². The van der Waals surface area contributed by atoms with E-state index in [0.29, 0.717) is 6.04 Å². The Labute approximate surface area is 108 Å². The topological polar surface area (TPSA) is 15.3 Å². The number of nitrogens with one attached hydrogen (secondary N) is 1. The van der Waals surface area contributed by atoms with Crippen molar-refractivity contribution in [1.82, 2.24) is 10.2 Å². The van der Waals surface area contributed by atoms with Gasteiger partial charge in [0.25, 0.3) is 0 Å². The molecule has 0 amide bonds. The first-order valence-corrected chi connectivity index (χ1v) is 8.66. The zero-order chi connectivity index (χ0) is 11.4. The molecule has 0 aliphatic carbocycles. The fraction of sp³-hybridized carbons (Fsp3) is 1.00. The maximum atomic E-state index is 3.60. The lowest BCUT2D eigenvalue weighted by atomic mass is 10.1. The summed E-state index contributed by atoms with van der Waals surface area (Å²) in [4.78, 5) is 2.73. The van der Waals surface area contributed by atoms with Gasteiger partial charge in [-0.2, -0.15) is 23.5 Å². The van der Waals surface area contributed by atoms with Gasteiger partial charge in [-0.3, -0.25) is 4.90 Å². The van der Waals surface area contributed by atoms with Crippen LogP contribution in [0.3, 0.4) is 0 Å². The Morgan fingerprint density at radius 3 is 2.94 bits per heavy atom. The third-order valence-electron chi connectivity index (χ3n) is 3.52. The first-order chi connectivity index (χ1) is 7.79. The molecule has 16 heavy (non-hydrogen) atoms. The second kappa shape index (κ2) is 6.53. The van der Waals surface area contributed by atoms with Gasteiger partial charge in [0.1, 0.15) is 0 Å². The first-order valence-electron chi connectivity index (χ1n) is 6.46. The number of rotatable bonds is 3.